The number of hydrogen-bond acceptors (Lipinski definition) is 4. The fourth-order valence-corrected chi connectivity index (χ4v) is 1.39. The van der Waals surface area contributed by atoms with Crippen LogP contribution >= 0.6 is 0 Å². The van der Waals surface area contributed by atoms with Crippen molar-refractivity contribution in [1.82, 2.24) is 0 Å². The van der Waals surface area contributed by atoms with Crippen LogP contribution in [0.4, 0.5) is 15.8 Å². The predicted molar refractivity (Wildman–Crippen MR) is 62.7 cm³/mol. The second-order valence-corrected chi connectivity index (χ2v) is 3.37. The van der Waals surface area contributed by atoms with Gasteiger partial charge in [-0.05, 0) is 25.5 Å². The van der Waals surface area contributed by atoms with Crippen molar-refractivity contribution < 1.29 is 14.1 Å². The van der Waals surface area contributed by atoms with E-state index in [4.69, 9.17) is 4.74 Å². The van der Waals surface area contributed by atoms with Gasteiger partial charge in [0, 0.05) is 19.8 Å². The van der Waals surface area contributed by atoms with Crippen LogP contribution in [0.2, 0.25) is 0 Å². The fraction of sp³-hybridized carbons (Fsp3) is 0.455. The van der Waals surface area contributed by atoms with E-state index in [1.54, 1.807) is 0 Å². The van der Waals surface area contributed by atoms with E-state index in [-0.39, 0.29) is 5.69 Å². The van der Waals surface area contributed by atoms with E-state index >= 15 is 0 Å². The van der Waals surface area contributed by atoms with Crippen molar-refractivity contribution >= 4 is 11.4 Å². The molecular formula is C11H15FN2O3. The second kappa shape index (κ2) is 6.80. The van der Waals surface area contributed by atoms with Crippen LogP contribution in [0.25, 0.3) is 0 Å². The molecule has 0 saturated heterocycles. The Kier molecular flexibility index (Phi) is 5.35. The third-order valence-electron chi connectivity index (χ3n) is 2.15. The molecule has 0 aliphatic carbocycles. The molecule has 1 N–H and O–H groups in total. The summed E-state index contributed by atoms with van der Waals surface area (Å²) in [4.78, 5) is 9.96. The van der Waals surface area contributed by atoms with Crippen molar-refractivity contribution in [2.45, 2.75) is 13.3 Å². The number of nitrogens with one attached hydrogen (secondary N) is 1. The molecule has 17 heavy (non-hydrogen) atoms. The fourth-order valence-electron chi connectivity index (χ4n) is 1.39. The molecule has 0 bridgehead atoms. The summed E-state index contributed by atoms with van der Waals surface area (Å²) in [6, 6.07) is 4.00. The summed E-state index contributed by atoms with van der Waals surface area (Å²) in [7, 11) is 0. The summed E-state index contributed by atoms with van der Waals surface area (Å²) in [6.07, 6.45) is 0.710. The van der Waals surface area contributed by atoms with E-state index < -0.39 is 16.4 Å². The van der Waals surface area contributed by atoms with Gasteiger partial charge in [0.25, 0.3) is 0 Å². The van der Waals surface area contributed by atoms with Gasteiger partial charge >= 0.3 is 5.69 Å². The average molecular weight is 242 g/mol. The maximum atomic E-state index is 13.2. The number of rotatable bonds is 7. The van der Waals surface area contributed by atoms with E-state index in [1.807, 2.05) is 6.92 Å². The first-order valence-corrected chi connectivity index (χ1v) is 5.41. The van der Waals surface area contributed by atoms with Crippen LogP contribution in [-0.4, -0.2) is 24.7 Å². The number of para-hydroxylation sites is 1. The molecule has 0 aliphatic heterocycles. The van der Waals surface area contributed by atoms with Crippen LogP contribution in [0.3, 0.4) is 0 Å². The smallest absolute Gasteiger partial charge is 0.327 e. The van der Waals surface area contributed by atoms with Crippen molar-refractivity contribution in [1.29, 1.82) is 0 Å². The molecule has 0 saturated carbocycles. The Morgan fingerprint density at radius 1 is 1.53 bits per heavy atom. The van der Waals surface area contributed by atoms with E-state index in [0.717, 1.165) is 6.07 Å². The molecule has 0 heterocycles. The molecule has 0 spiro atoms. The van der Waals surface area contributed by atoms with Crippen molar-refractivity contribution in [2.75, 3.05) is 25.1 Å². The maximum absolute atomic E-state index is 13.2. The van der Waals surface area contributed by atoms with Gasteiger partial charge < -0.3 is 10.1 Å². The number of halogens is 1. The molecule has 0 aromatic heterocycles. The van der Waals surface area contributed by atoms with E-state index in [2.05, 4.69) is 5.32 Å². The molecule has 1 aromatic rings. The van der Waals surface area contributed by atoms with Gasteiger partial charge in [-0.15, -0.1) is 0 Å². The number of anilines is 1. The predicted octanol–water partition coefficient (Wildman–Crippen LogP) is 2.57. The van der Waals surface area contributed by atoms with Crippen LogP contribution < -0.4 is 5.32 Å². The van der Waals surface area contributed by atoms with Crippen LogP contribution in [-0.2, 0) is 4.74 Å². The van der Waals surface area contributed by atoms with Gasteiger partial charge in [0.1, 0.15) is 5.69 Å². The highest BCUT2D eigenvalue weighted by molar-refractivity contribution is 5.61. The summed E-state index contributed by atoms with van der Waals surface area (Å²) in [5, 5.41) is 13.5. The molecule has 0 atom stereocenters. The lowest BCUT2D eigenvalue weighted by Crippen LogP contribution is -2.08. The average Bonchev–Trinajstić information content (AvgIpc) is 2.28. The molecule has 0 amide bonds. The number of nitro benzene ring substituents is 1. The third-order valence-corrected chi connectivity index (χ3v) is 2.15. The first kappa shape index (κ1) is 13.4. The van der Waals surface area contributed by atoms with Gasteiger partial charge in [-0.25, -0.2) is 0 Å². The lowest BCUT2D eigenvalue weighted by atomic mass is 10.2. The third kappa shape index (κ3) is 3.99. The first-order chi connectivity index (χ1) is 8.16. The summed E-state index contributed by atoms with van der Waals surface area (Å²) >= 11 is 0. The molecular weight excluding hydrogens is 227 g/mol. The topological polar surface area (TPSA) is 64.4 Å². The van der Waals surface area contributed by atoms with Crippen LogP contribution in [0.5, 0.6) is 0 Å². The standard InChI is InChI=1S/C11H15FN2O3/c1-2-17-8-4-7-13-10-6-3-5-9(12)11(10)14(15)16/h3,5-6,13H,2,4,7-8H2,1H3. The van der Waals surface area contributed by atoms with E-state index in [1.165, 1.54) is 12.1 Å². The van der Waals surface area contributed by atoms with Crippen molar-refractivity contribution in [2.24, 2.45) is 0 Å². The van der Waals surface area contributed by atoms with Gasteiger partial charge in [-0.3, -0.25) is 10.1 Å². The van der Waals surface area contributed by atoms with Gasteiger partial charge in [-0.2, -0.15) is 4.39 Å². The maximum Gasteiger partial charge on any atom is 0.327 e. The summed E-state index contributed by atoms with van der Waals surface area (Å²) < 4.78 is 18.3. The molecule has 6 heteroatoms. The number of ether oxygens (including phenoxy) is 1. The number of hydrogen-bond donors (Lipinski definition) is 1. The quantitative estimate of drug-likeness (QED) is 0.453. The van der Waals surface area contributed by atoms with Crippen LogP contribution in [0.15, 0.2) is 18.2 Å². The van der Waals surface area contributed by atoms with Crippen molar-refractivity contribution in [3.8, 4) is 0 Å². The van der Waals surface area contributed by atoms with Gasteiger partial charge in [0.2, 0.25) is 5.82 Å². The molecule has 0 fully saturated rings. The molecule has 0 aliphatic rings. The Balaban J connectivity index is 2.58. The van der Waals surface area contributed by atoms with Crippen LogP contribution in [0, 0.1) is 15.9 Å². The normalized spacial score (nSPS) is 10.2. The number of benzene rings is 1. The van der Waals surface area contributed by atoms with Crippen molar-refractivity contribution in [3.05, 3.63) is 34.1 Å². The van der Waals surface area contributed by atoms with Crippen molar-refractivity contribution in [3.63, 3.8) is 0 Å². The Bertz CT molecular complexity index is 385. The van der Waals surface area contributed by atoms with Gasteiger partial charge in [0.05, 0.1) is 4.92 Å². The zero-order valence-corrected chi connectivity index (χ0v) is 9.61. The lowest BCUT2D eigenvalue weighted by molar-refractivity contribution is -0.386. The summed E-state index contributed by atoms with van der Waals surface area (Å²) in [5.41, 5.74) is -0.310. The van der Waals surface area contributed by atoms with Crippen LogP contribution in [0.1, 0.15) is 13.3 Å². The van der Waals surface area contributed by atoms with Gasteiger partial charge in [0.15, 0.2) is 0 Å². The Hall–Kier alpha value is -1.69. The Labute approximate surface area is 98.7 Å². The molecule has 1 rings (SSSR count). The minimum absolute atomic E-state index is 0.200. The zero-order chi connectivity index (χ0) is 12.7. The molecule has 0 unspecified atom stereocenters. The Morgan fingerprint density at radius 3 is 2.94 bits per heavy atom. The molecule has 1 aromatic carbocycles. The molecule has 5 nitrogen and oxygen atoms in total. The SMILES string of the molecule is CCOCCCNc1cccc(F)c1[N+](=O)[O-]. The highest BCUT2D eigenvalue weighted by Crippen LogP contribution is 2.26. The lowest BCUT2D eigenvalue weighted by Gasteiger charge is -2.07. The highest BCUT2D eigenvalue weighted by Gasteiger charge is 2.18. The van der Waals surface area contributed by atoms with E-state index in [9.17, 15) is 14.5 Å². The van der Waals surface area contributed by atoms with E-state index in [0.29, 0.717) is 26.2 Å². The summed E-state index contributed by atoms with van der Waals surface area (Å²) in [6.45, 7) is 3.61. The zero-order valence-electron chi connectivity index (χ0n) is 9.61. The monoisotopic (exact) mass is 242 g/mol. The van der Waals surface area contributed by atoms with Gasteiger partial charge in [-0.1, -0.05) is 6.07 Å². The highest BCUT2D eigenvalue weighted by atomic mass is 19.1. The number of nitrogens with zero attached hydrogens (tertiary/aromatic N) is 1. The summed E-state index contributed by atoms with van der Waals surface area (Å²) in [5.74, 6) is -0.829. The minimum atomic E-state index is -0.829. The molecule has 94 valence electrons. The first-order valence-electron chi connectivity index (χ1n) is 5.41. The second-order valence-electron chi connectivity index (χ2n) is 3.37. The largest absolute Gasteiger partial charge is 0.382 e. The minimum Gasteiger partial charge on any atom is -0.382 e. The number of nitro groups is 1. The Morgan fingerprint density at radius 2 is 2.29 bits per heavy atom. The molecule has 0 radical (unpaired) electrons.